The summed E-state index contributed by atoms with van der Waals surface area (Å²) < 4.78 is 6.74. The van der Waals surface area contributed by atoms with E-state index in [-0.39, 0.29) is 12.1 Å². The molecule has 2 aromatic heterocycles. The zero-order valence-corrected chi connectivity index (χ0v) is 15.9. The fourth-order valence-electron chi connectivity index (χ4n) is 3.54. The van der Waals surface area contributed by atoms with Crippen LogP contribution in [0.25, 0.3) is 22.5 Å². The van der Waals surface area contributed by atoms with Crippen molar-refractivity contribution in [1.82, 2.24) is 20.3 Å². The van der Waals surface area contributed by atoms with Crippen LogP contribution >= 0.6 is 11.6 Å². The lowest BCUT2D eigenvalue weighted by Crippen LogP contribution is -2.39. The maximum atomic E-state index is 12.5. The average molecular weight is 385 g/mol. The number of aromatic nitrogens is 3. The summed E-state index contributed by atoms with van der Waals surface area (Å²) in [5.41, 5.74) is 2.99. The van der Waals surface area contributed by atoms with Gasteiger partial charge >= 0.3 is 6.03 Å². The third-order valence-corrected chi connectivity index (χ3v) is 5.22. The van der Waals surface area contributed by atoms with E-state index in [1.165, 1.54) is 23.9 Å². The highest BCUT2D eigenvalue weighted by Crippen LogP contribution is 2.33. The predicted octanol–water partition coefficient (Wildman–Crippen LogP) is 5.06. The summed E-state index contributed by atoms with van der Waals surface area (Å²) in [5, 5.41) is 12.4. The Balaban J connectivity index is 1.59. The van der Waals surface area contributed by atoms with Gasteiger partial charge in [-0.3, -0.25) is 0 Å². The number of carbonyl (C=O) groups is 1. The van der Waals surface area contributed by atoms with Gasteiger partial charge in [-0.1, -0.05) is 48.2 Å². The molecule has 1 aliphatic rings. The lowest BCUT2D eigenvalue weighted by Gasteiger charge is -2.22. The second kappa shape index (κ2) is 7.56. The van der Waals surface area contributed by atoms with Gasteiger partial charge in [0, 0.05) is 22.8 Å². The Labute approximate surface area is 162 Å². The first-order chi connectivity index (χ1) is 13.1. The molecule has 0 bridgehead atoms. The van der Waals surface area contributed by atoms with E-state index in [1.54, 1.807) is 24.4 Å². The summed E-state index contributed by atoms with van der Waals surface area (Å²) in [4.78, 5) is 12.5. The SMILES string of the molecule is Cc1onc(-c2ccc(Cl)cc2)c1-c1ccn(C(=O)NC2CCCCC2)n1. The number of benzene rings is 1. The first kappa shape index (κ1) is 17.8. The molecule has 6 nitrogen and oxygen atoms in total. The van der Waals surface area contributed by atoms with Gasteiger partial charge in [0.1, 0.15) is 11.5 Å². The van der Waals surface area contributed by atoms with E-state index in [2.05, 4.69) is 15.6 Å². The van der Waals surface area contributed by atoms with E-state index in [1.807, 2.05) is 19.1 Å². The summed E-state index contributed by atoms with van der Waals surface area (Å²) >= 11 is 5.98. The van der Waals surface area contributed by atoms with Crippen LogP contribution in [0.3, 0.4) is 0 Å². The molecule has 1 aliphatic carbocycles. The molecule has 0 spiro atoms. The summed E-state index contributed by atoms with van der Waals surface area (Å²) in [6.07, 6.45) is 7.32. The second-order valence-electron chi connectivity index (χ2n) is 6.90. The van der Waals surface area contributed by atoms with Crippen LogP contribution in [0, 0.1) is 6.92 Å². The van der Waals surface area contributed by atoms with Gasteiger partial charge in [-0.2, -0.15) is 9.78 Å². The van der Waals surface area contributed by atoms with E-state index in [9.17, 15) is 4.79 Å². The highest BCUT2D eigenvalue weighted by molar-refractivity contribution is 6.30. The molecule has 1 N–H and O–H groups in total. The Bertz CT molecular complexity index is 939. The molecule has 0 radical (unpaired) electrons. The number of rotatable bonds is 3. The fourth-order valence-corrected chi connectivity index (χ4v) is 3.66. The molecular weight excluding hydrogens is 364 g/mol. The molecule has 0 atom stereocenters. The highest BCUT2D eigenvalue weighted by Gasteiger charge is 2.21. The van der Waals surface area contributed by atoms with E-state index >= 15 is 0 Å². The normalized spacial score (nSPS) is 15.0. The summed E-state index contributed by atoms with van der Waals surface area (Å²) in [6, 6.07) is 9.23. The van der Waals surface area contributed by atoms with E-state index in [0.717, 1.165) is 24.0 Å². The predicted molar refractivity (Wildman–Crippen MR) is 104 cm³/mol. The van der Waals surface area contributed by atoms with E-state index < -0.39 is 0 Å². The van der Waals surface area contributed by atoms with Crippen molar-refractivity contribution in [2.45, 2.75) is 45.1 Å². The van der Waals surface area contributed by atoms with Crippen molar-refractivity contribution in [2.75, 3.05) is 0 Å². The van der Waals surface area contributed by atoms with Crippen LogP contribution < -0.4 is 5.32 Å². The Morgan fingerprint density at radius 1 is 1.19 bits per heavy atom. The lowest BCUT2D eigenvalue weighted by atomic mass is 9.96. The summed E-state index contributed by atoms with van der Waals surface area (Å²) in [5.74, 6) is 0.651. The zero-order valence-electron chi connectivity index (χ0n) is 15.1. The molecule has 1 fully saturated rings. The van der Waals surface area contributed by atoms with Gasteiger partial charge in [-0.25, -0.2) is 4.79 Å². The summed E-state index contributed by atoms with van der Waals surface area (Å²) in [6.45, 7) is 1.84. The van der Waals surface area contributed by atoms with Gasteiger partial charge in [0.15, 0.2) is 0 Å². The van der Waals surface area contributed by atoms with Crippen molar-refractivity contribution < 1.29 is 9.32 Å². The van der Waals surface area contributed by atoms with Crippen molar-refractivity contribution in [3.63, 3.8) is 0 Å². The number of halogens is 1. The standard InChI is InChI=1S/C20H21ClN4O2/c1-13-18(19(24-27-13)14-7-9-15(21)10-8-14)17-11-12-25(23-17)20(26)22-16-5-3-2-4-6-16/h7-12,16H,2-6H2,1H3,(H,22,26). The summed E-state index contributed by atoms with van der Waals surface area (Å²) in [7, 11) is 0. The first-order valence-corrected chi connectivity index (χ1v) is 9.59. The molecule has 2 heterocycles. The van der Waals surface area contributed by atoms with Gasteiger partial charge in [0.05, 0.1) is 11.3 Å². The number of nitrogens with zero attached hydrogens (tertiary/aromatic N) is 3. The molecule has 7 heteroatoms. The molecular formula is C20H21ClN4O2. The monoisotopic (exact) mass is 384 g/mol. The molecule has 4 rings (SSSR count). The minimum atomic E-state index is -0.199. The van der Waals surface area contributed by atoms with E-state index in [4.69, 9.17) is 16.1 Å². The van der Waals surface area contributed by atoms with Crippen molar-refractivity contribution in [2.24, 2.45) is 0 Å². The van der Waals surface area contributed by atoms with Crippen LogP contribution in [0.15, 0.2) is 41.1 Å². The second-order valence-corrected chi connectivity index (χ2v) is 7.34. The lowest BCUT2D eigenvalue weighted by molar-refractivity contribution is 0.231. The number of carbonyl (C=O) groups excluding carboxylic acids is 1. The Morgan fingerprint density at radius 2 is 1.93 bits per heavy atom. The van der Waals surface area contributed by atoms with Crippen LogP contribution in [-0.4, -0.2) is 27.0 Å². The average Bonchev–Trinajstić information content (AvgIpc) is 3.30. The molecule has 1 saturated carbocycles. The number of hydrogen-bond donors (Lipinski definition) is 1. The van der Waals surface area contributed by atoms with Crippen LogP contribution in [-0.2, 0) is 0 Å². The Hall–Kier alpha value is -2.60. The van der Waals surface area contributed by atoms with Crippen LogP contribution in [0.1, 0.15) is 37.9 Å². The quantitative estimate of drug-likeness (QED) is 0.685. The third kappa shape index (κ3) is 3.76. The maximum Gasteiger partial charge on any atom is 0.342 e. The largest absolute Gasteiger partial charge is 0.360 e. The van der Waals surface area contributed by atoms with Gasteiger partial charge in [0.2, 0.25) is 0 Å². The van der Waals surface area contributed by atoms with Crippen LogP contribution in [0.4, 0.5) is 4.79 Å². The zero-order chi connectivity index (χ0) is 18.8. The van der Waals surface area contributed by atoms with Crippen LogP contribution in [0.2, 0.25) is 5.02 Å². The van der Waals surface area contributed by atoms with Gasteiger partial charge in [-0.05, 0) is 38.0 Å². The van der Waals surface area contributed by atoms with Crippen molar-refractivity contribution in [3.8, 4) is 22.5 Å². The van der Waals surface area contributed by atoms with Gasteiger partial charge in [-0.15, -0.1) is 0 Å². The van der Waals surface area contributed by atoms with Crippen molar-refractivity contribution in [3.05, 3.63) is 47.3 Å². The third-order valence-electron chi connectivity index (χ3n) is 4.97. The van der Waals surface area contributed by atoms with Crippen LogP contribution in [0.5, 0.6) is 0 Å². The number of aryl methyl sites for hydroxylation is 1. The van der Waals surface area contributed by atoms with Gasteiger partial charge in [0.25, 0.3) is 0 Å². The molecule has 140 valence electrons. The number of nitrogens with one attached hydrogen (secondary N) is 1. The maximum absolute atomic E-state index is 12.5. The Morgan fingerprint density at radius 3 is 2.67 bits per heavy atom. The van der Waals surface area contributed by atoms with Gasteiger partial charge < -0.3 is 9.84 Å². The number of hydrogen-bond acceptors (Lipinski definition) is 4. The molecule has 1 aromatic carbocycles. The van der Waals surface area contributed by atoms with Crippen molar-refractivity contribution >= 4 is 17.6 Å². The van der Waals surface area contributed by atoms with Crippen molar-refractivity contribution in [1.29, 1.82) is 0 Å². The molecule has 27 heavy (non-hydrogen) atoms. The molecule has 3 aromatic rings. The molecule has 0 saturated heterocycles. The minimum absolute atomic E-state index is 0.199. The minimum Gasteiger partial charge on any atom is -0.360 e. The smallest absolute Gasteiger partial charge is 0.342 e. The highest BCUT2D eigenvalue weighted by atomic mass is 35.5. The molecule has 0 unspecified atom stereocenters. The Kier molecular flexibility index (Phi) is 4.99. The molecule has 1 amide bonds. The van der Waals surface area contributed by atoms with E-state index in [0.29, 0.717) is 22.2 Å². The molecule has 0 aliphatic heterocycles. The fraction of sp³-hybridized carbons (Fsp3) is 0.350. The topological polar surface area (TPSA) is 73.0 Å². The number of amides is 1. The first-order valence-electron chi connectivity index (χ1n) is 9.21.